The van der Waals surface area contributed by atoms with Gasteiger partial charge in [0.2, 0.25) is 0 Å². The van der Waals surface area contributed by atoms with Crippen LogP contribution >= 0.6 is 0 Å². The van der Waals surface area contributed by atoms with Crippen LogP contribution in [0, 0.1) is 6.92 Å². The first-order chi connectivity index (χ1) is 9.06. The minimum Gasteiger partial charge on any atom is -0.487 e. The minimum absolute atomic E-state index is 0.399. The molecule has 0 atom stereocenters. The van der Waals surface area contributed by atoms with Gasteiger partial charge in [-0.1, -0.05) is 26.0 Å². The summed E-state index contributed by atoms with van der Waals surface area (Å²) in [6.07, 6.45) is 3.18. The monoisotopic (exact) mass is 257 g/mol. The molecule has 1 aromatic carbocycles. The van der Waals surface area contributed by atoms with E-state index in [0.29, 0.717) is 18.3 Å². The number of hydrogen-bond acceptors (Lipinski definition) is 4. The number of rotatable bonds is 4. The van der Waals surface area contributed by atoms with Crippen molar-refractivity contribution in [2.24, 2.45) is 0 Å². The Morgan fingerprint density at radius 2 is 2.00 bits per heavy atom. The van der Waals surface area contributed by atoms with Gasteiger partial charge in [-0.15, -0.1) is 0 Å². The van der Waals surface area contributed by atoms with Gasteiger partial charge in [-0.3, -0.25) is 4.98 Å². The fourth-order valence-electron chi connectivity index (χ4n) is 1.83. The molecule has 4 nitrogen and oxygen atoms in total. The van der Waals surface area contributed by atoms with Gasteiger partial charge in [0, 0.05) is 0 Å². The van der Waals surface area contributed by atoms with E-state index in [0.717, 1.165) is 11.4 Å². The van der Waals surface area contributed by atoms with Crippen LogP contribution in [0.2, 0.25) is 0 Å². The Morgan fingerprint density at radius 1 is 1.21 bits per heavy atom. The van der Waals surface area contributed by atoms with Crippen LogP contribution in [-0.2, 0) is 6.61 Å². The van der Waals surface area contributed by atoms with Gasteiger partial charge in [0.25, 0.3) is 0 Å². The van der Waals surface area contributed by atoms with Gasteiger partial charge in [-0.25, -0.2) is 4.98 Å². The number of nitrogens with two attached hydrogens (primary N) is 1. The first-order valence-corrected chi connectivity index (χ1v) is 6.36. The number of nitrogen functional groups attached to an aromatic ring is 1. The molecule has 0 bridgehead atoms. The molecule has 0 aliphatic heterocycles. The van der Waals surface area contributed by atoms with Crippen molar-refractivity contribution in [2.75, 3.05) is 5.73 Å². The summed E-state index contributed by atoms with van der Waals surface area (Å²) in [5.74, 6) is 1.75. The zero-order valence-electron chi connectivity index (χ0n) is 11.6. The van der Waals surface area contributed by atoms with Crippen molar-refractivity contribution in [1.29, 1.82) is 0 Å². The Kier molecular flexibility index (Phi) is 4.00. The summed E-state index contributed by atoms with van der Waals surface area (Å²) in [7, 11) is 0. The molecular formula is C15H19N3O. The fourth-order valence-corrected chi connectivity index (χ4v) is 1.83. The molecule has 0 saturated heterocycles. The van der Waals surface area contributed by atoms with Crippen molar-refractivity contribution in [3.05, 3.63) is 47.4 Å². The molecule has 0 fully saturated rings. The van der Waals surface area contributed by atoms with E-state index in [1.165, 1.54) is 17.3 Å². The zero-order chi connectivity index (χ0) is 13.8. The molecular weight excluding hydrogens is 238 g/mol. The summed E-state index contributed by atoms with van der Waals surface area (Å²) in [4.78, 5) is 8.18. The predicted molar refractivity (Wildman–Crippen MR) is 76.0 cm³/mol. The molecule has 0 saturated carbocycles. The molecule has 1 heterocycles. The van der Waals surface area contributed by atoms with Crippen LogP contribution in [0.4, 0.5) is 5.82 Å². The molecule has 2 aromatic rings. The number of aromatic nitrogens is 2. The Morgan fingerprint density at radius 3 is 2.63 bits per heavy atom. The van der Waals surface area contributed by atoms with E-state index < -0.39 is 0 Å². The first-order valence-electron chi connectivity index (χ1n) is 6.36. The number of aryl methyl sites for hydroxylation is 1. The molecule has 4 heteroatoms. The lowest BCUT2D eigenvalue weighted by molar-refractivity contribution is 0.296. The highest BCUT2D eigenvalue weighted by Crippen LogP contribution is 2.27. The Bertz CT molecular complexity index is 550. The van der Waals surface area contributed by atoms with Crippen molar-refractivity contribution in [1.82, 2.24) is 9.97 Å². The molecule has 0 amide bonds. The van der Waals surface area contributed by atoms with E-state index in [1.807, 2.05) is 0 Å². The van der Waals surface area contributed by atoms with Gasteiger partial charge < -0.3 is 10.5 Å². The molecule has 0 unspecified atom stereocenters. The third-order valence-corrected chi connectivity index (χ3v) is 2.89. The van der Waals surface area contributed by atoms with Gasteiger partial charge in [0.05, 0.1) is 18.1 Å². The quantitative estimate of drug-likeness (QED) is 0.914. The predicted octanol–water partition coefficient (Wildman–Crippen LogP) is 3.07. The maximum Gasteiger partial charge on any atom is 0.141 e. The molecule has 19 heavy (non-hydrogen) atoms. The van der Waals surface area contributed by atoms with E-state index in [4.69, 9.17) is 10.5 Å². The molecule has 2 rings (SSSR count). The Hall–Kier alpha value is -2.10. The zero-order valence-corrected chi connectivity index (χ0v) is 11.6. The fraction of sp³-hybridized carbons (Fsp3) is 0.333. The third-order valence-electron chi connectivity index (χ3n) is 2.89. The Balaban J connectivity index is 2.14. The highest BCUT2D eigenvalue weighted by molar-refractivity contribution is 5.39. The third kappa shape index (κ3) is 3.44. The topological polar surface area (TPSA) is 61.0 Å². The van der Waals surface area contributed by atoms with Crippen LogP contribution in [0.5, 0.6) is 5.75 Å². The standard InChI is InChI=1S/C15H19N3O/c1-10(2)13-5-4-11(3)6-14(13)19-9-12-7-18-15(16)8-17-12/h4-8,10H,9H2,1-3H3,(H2,16,18). The highest BCUT2D eigenvalue weighted by Gasteiger charge is 2.08. The normalized spacial score (nSPS) is 10.7. The summed E-state index contributed by atoms with van der Waals surface area (Å²) >= 11 is 0. The summed E-state index contributed by atoms with van der Waals surface area (Å²) in [5, 5.41) is 0. The Labute approximate surface area is 113 Å². The average molecular weight is 257 g/mol. The van der Waals surface area contributed by atoms with Crippen LogP contribution in [0.1, 0.15) is 36.6 Å². The molecule has 1 aromatic heterocycles. The van der Waals surface area contributed by atoms with Gasteiger partial charge in [0.1, 0.15) is 18.2 Å². The van der Waals surface area contributed by atoms with Crippen LogP contribution in [0.25, 0.3) is 0 Å². The maximum atomic E-state index is 5.86. The second-order valence-corrected chi connectivity index (χ2v) is 4.92. The highest BCUT2D eigenvalue weighted by atomic mass is 16.5. The molecule has 0 aliphatic carbocycles. The second kappa shape index (κ2) is 5.69. The smallest absolute Gasteiger partial charge is 0.141 e. The number of anilines is 1. The van der Waals surface area contributed by atoms with E-state index in [2.05, 4.69) is 48.9 Å². The van der Waals surface area contributed by atoms with Gasteiger partial charge in [-0.05, 0) is 30.0 Å². The molecule has 0 spiro atoms. The summed E-state index contributed by atoms with van der Waals surface area (Å²) in [6.45, 7) is 6.76. The van der Waals surface area contributed by atoms with E-state index in [-0.39, 0.29) is 0 Å². The molecule has 100 valence electrons. The summed E-state index contributed by atoms with van der Waals surface area (Å²) in [5.41, 5.74) is 8.66. The van der Waals surface area contributed by atoms with E-state index >= 15 is 0 Å². The van der Waals surface area contributed by atoms with Crippen molar-refractivity contribution < 1.29 is 4.74 Å². The van der Waals surface area contributed by atoms with Crippen LogP contribution < -0.4 is 10.5 Å². The summed E-state index contributed by atoms with van der Waals surface area (Å²) in [6, 6.07) is 6.27. The number of nitrogens with zero attached hydrogens (tertiary/aromatic N) is 2. The van der Waals surface area contributed by atoms with Crippen molar-refractivity contribution in [3.8, 4) is 5.75 Å². The van der Waals surface area contributed by atoms with Crippen LogP contribution in [0.15, 0.2) is 30.6 Å². The number of ether oxygens (including phenoxy) is 1. The first kappa shape index (κ1) is 13.3. The van der Waals surface area contributed by atoms with E-state index in [9.17, 15) is 0 Å². The second-order valence-electron chi connectivity index (χ2n) is 4.92. The van der Waals surface area contributed by atoms with Crippen molar-refractivity contribution in [2.45, 2.75) is 33.3 Å². The largest absolute Gasteiger partial charge is 0.487 e. The van der Waals surface area contributed by atoms with Crippen LogP contribution in [0.3, 0.4) is 0 Å². The lowest BCUT2D eigenvalue weighted by Gasteiger charge is -2.14. The minimum atomic E-state index is 0.399. The van der Waals surface area contributed by atoms with Crippen LogP contribution in [-0.4, -0.2) is 9.97 Å². The SMILES string of the molecule is Cc1ccc(C(C)C)c(OCc2cnc(N)cn2)c1. The van der Waals surface area contributed by atoms with Gasteiger partial charge in [0.15, 0.2) is 0 Å². The number of hydrogen-bond donors (Lipinski definition) is 1. The number of benzene rings is 1. The lowest BCUT2D eigenvalue weighted by Crippen LogP contribution is -2.03. The van der Waals surface area contributed by atoms with Crippen molar-refractivity contribution >= 4 is 5.82 Å². The maximum absolute atomic E-state index is 5.86. The van der Waals surface area contributed by atoms with Crippen molar-refractivity contribution in [3.63, 3.8) is 0 Å². The molecule has 0 radical (unpaired) electrons. The van der Waals surface area contributed by atoms with E-state index in [1.54, 1.807) is 6.20 Å². The van der Waals surface area contributed by atoms with Gasteiger partial charge >= 0.3 is 0 Å². The molecule has 0 aliphatic rings. The van der Waals surface area contributed by atoms with Gasteiger partial charge in [-0.2, -0.15) is 0 Å². The average Bonchev–Trinajstić information content (AvgIpc) is 2.38. The molecule has 2 N–H and O–H groups in total. The lowest BCUT2D eigenvalue weighted by atomic mass is 10.0. The summed E-state index contributed by atoms with van der Waals surface area (Å²) < 4.78 is 5.86.